The number of hydrazine groups is 1. The summed E-state index contributed by atoms with van der Waals surface area (Å²) in [6.07, 6.45) is 7.01. The van der Waals surface area contributed by atoms with Gasteiger partial charge >= 0.3 is 0 Å². The highest BCUT2D eigenvalue weighted by atomic mass is 16.2. The summed E-state index contributed by atoms with van der Waals surface area (Å²) in [4.78, 5) is 12.6. The zero-order valence-corrected chi connectivity index (χ0v) is 13.2. The number of hydrogen-bond donors (Lipinski definition) is 1. The third kappa shape index (κ3) is 4.22. The van der Waals surface area contributed by atoms with E-state index in [9.17, 15) is 4.79 Å². The van der Waals surface area contributed by atoms with Gasteiger partial charge in [-0.1, -0.05) is 60.7 Å². The first-order chi connectivity index (χ1) is 11.3. The Labute approximate surface area is 137 Å². The van der Waals surface area contributed by atoms with Crippen molar-refractivity contribution in [1.82, 2.24) is 5.43 Å². The van der Waals surface area contributed by atoms with Gasteiger partial charge in [-0.15, -0.1) is 0 Å². The van der Waals surface area contributed by atoms with Crippen molar-refractivity contribution in [3.05, 3.63) is 78.4 Å². The maximum Gasteiger partial charge on any atom is 0.241 e. The topological polar surface area (TPSA) is 32.3 Å². The average molecular weight is 306 g/mol. The number of hydrogen-bond acceptors (Lipinski definition) is 2. The molecule has 0 aromatic heterocycles. The van der Waals surface area contributed by atoms with Crippen LogP contribution in [0.25, 0.3) is 0 Å². The first-order valence-corrected chi connectivity index (χ1v) is 8.15. The van der Waals surface area contributed by atoms with Gasteiger partial charge < -0.3 is 0 Å². The second kappa shape index (κ2) is 7.63. The number of carbonyl (C=O) groups is 1. The molecule has 0 spiro atoms. The second-order valence-corrected chi connectivity index (χ2v) is 5.86. The van der Waals surface area contributed by atoms with Gasteiger partial charge in [0.05, 0.1) is 12.2 Å². The van der Waals surface area contributed by atoms with Crippen molar-refractivity contribution >= 4 is 11.6 Å². The summed E-state index contributed by atoms with van der Waals surface area (Å²) in [5.74, 6) is 0.177. The Morgan fingerprint density at radius 3 is 2.35 bits per heavy atom. The van der Waals surface area contributed by atoms with E-state index >= 15 is 0 Å². The van der Waals surface area contributed by atoms with Crippen molar-refractivity contribution in [2.75, 3.05) is 5.01 Å². The van der Waals surface area contributed by atoms with Gasteiger partial charge in [0.2, 0.25) is 5.91 Å². The van der Waals surface area contributed by atoms with Crippen LogP contribution in [-0.4, -0.2) is 5.91 Å². The summed E-state index contributed by atoms with van der Waals surface area (Å²) in [6.45, 7) is 0.652. The maximum atomic E-state index is 12.6. The zero-order valence-electron chi connectivity index (χ0n) is 13.2. The van der Waals surface area contributed by atoms with Crippen molar-refractivity contribution in [1.29, 1.82) is 0 Å². The molecule has 1 amide bonds. The van der Waals surface area contributed by atoms with Gasteiger partial charge in [0.25, 0.3) is 0 Å². The average Bonchev–Trinajstić information content (AvgIpc) is 2.63. The molecule has 3 rings (SSSR count). The van der Waals surface area contributed by atoms with Gasteiger partial charge in [0.15, 0.2) is 0 Å². The Bertz CT molecular complexity index is 652. The Morgan fingerprint density at radius 1 is 1.00 bits per heavy atom. The lowest BCUT2D eigenvalue weighted by Crippen LogP contribution is -2.45. The molecular formula is C20H22N2O. The van der Waals surface area contributed by atoms with Crippen LogP contribution in [0.3, 0.4) is 0 Å². The van der Waals surface area contributed by atoms with E-state index in [0.29, 0.717) is 6.54 Å². The van der Waals surface area contributed by atoms with Crippen molar-refractivity contribution in [2.24, 2.45) is 5.92 Å². The summed E-state index contributed by atoms with van der Waals surface area (Å²) in [7, 11) is 0. The molecule has 0 aliphatic heterocycles. The number of para-hydroxylation sites is 1. The summed E-state index contributed by atoms with van der Waals surface area (Å²) >= 11 is 0. The van der Waals surface area contributed by atoms with Crippen molar-refractivity contribution in [3.63, 3.8) is 0 Å². The van der Waals surface area contributed by atoms with Crippen LogP contribution in [0.1, 0.15) is 24.8 Å². The van der Waals surface area contributed by atoms with Crippen LogP contribution in [-0.2, 0) is 11.3 Å². The molecule has 0 saturated carbocycles. The Kier molecular flexibility index (Phi) is 5.09. The number of nitrogens with zero attached hydrogens (tertiary/aromatic N) is 1. The minimum atomic E-state index is 0.0713. The summed E-state index contributed by atoms with van der Waals surface area (Å²) in [5.41, 5.74) is 5.28. The normalized spacial score (nSPS) is 16.8. The van der Waals surface area contributed by atoms with Gasteiger partial charge in [0, 0.05) is 5.92 Å². The largest absolute Gasteiger partial charge is 0.281 e. The number of allylic oxidation sites excluding steroid dienone is 2. The second-order valence-electron chi connectivity index (χ2n) is 5.86. The number of rotatable bonds is 5. The third-order valence-electron chi connectivity index (χ3n) is 4.14. The number of carbonyl (C=O) groups excluding carboxylic acids is 1. The van der Waals surface area contributed by atoms with E-state index in [-0.39, 0.29) is 11.8 Å². The summed E-state index contributed by atoms with van der Waals surface area (Å²) in [6, 6.07) is 20.2. The van der Waals surface area contributed by atoms with E-state index in [2.05, 4.69) is 29.7 Å². The molecule has 2 aromatic carbocycles. The highest BCUT2D eigenvalue weighted by Gasteiger charge is 2.21. The van der Waals surface area contributed by atoms with E-state index in [1.54, 1.807) is 0 Å². The molecule has 1 unspecified atom stereocenters. The molecule has 0 saturated heterocycles. The van der Waals surface area contributed by atoms with Gasteiger partial charge in [-0.3, -0.25) is 15.2 Å². The molecule has 3 nitrogen and oxygen atoms in total. The van der Waals surface area contributed by atoms with Crippen LogP contribution in [0.4, 0.5) is 5.69 Å². The molecular weight excluding hydrogens is 284 g/mol. The SMILES string of the molecule is O=C(NN(Cc1ccccc1)c1ccccc1)C1CC=CCC1. The molecule has 0 heterocycles. The van der Waals surface area contributed by atoms with Gasteiger partial charge in [-0.05, 0) is 37.0 Å². The zero-order chi connectivity index (χ0) is 15.9. The Balaban J connectivity index is 1.75. The van der Waals surface area contributed by atoms with Crippen LogP contribution < -0.4 is 10.4 Å². The van der Waals surface area contributed by atoms with E-state index in [4.69, 9.17) is 0 Å². The molecule has 118 valence electrons. The standard InChI is InChI=1S/C20H22N2O/c23-20(18-12-6-2-7-13-18)21-22(19-14-8-3-9-15-19)16-17-10-4-1-5-11-17/h1-6,8-11,14-15,18H,7,12-13,16H2,(H,21,23). The lowest BCUT2D eigenvalue weighted by Gasteiger charge is -2.28. The molecule has 1 atom stereocenters. The maximum absolute atomic E-state index is 12.6. The van der Waals surface area contributed by atoms with Crippen LogP contribution in [0, 0.1) is 5.92 Å². The lowest BCUT2D eigenvalue weighted by molar-refractivity contribution is -0.125. The smallest absolute Gasteiger partial charge is 0.241 e. The third-order valence-corrected chi connectivity index (χ3v) is 4.14. The molecule has 1 aliphatic carbocycles. The molecule has 23 heavy (non-hydrogen) atoms. The fraction of sp³-hybridized carbons (Fsp3) is 0.250. The Morgan fingerprint density at radius 2 is 1.70 bits per heavy atom. The van der Waals surface area contributed by atoms with Crippen molar-refractivity contribution in [3.8, 4) is 0 Å². The number of benzene rings is 2. The minimum Gasteiger partial charge on any atom is -0.281 e. The molecule has 0 radical (unpaired) electrons. The van der Waals surface area contributed by atoms with Crippen LogP contribution in [0.2, 0.25) is 0 Å². The predicted molar refractivity (Wildman–Crippen MR) is 93.7 cm³/mol. The molecule has 1 N–H and O–H groups in total. The van der Waals surface area contributed by atoms with E-state index in [0.717, 1.165) is 24.9 Å². The van der Waals surface area contributed by atoms with E-state index in [1.165, 1.54) is 5.56 Å². The monoisotopic (exact) mass is 306 g/mol. The van der Waals surface area contributed by atoms with Crippen molar-refractivity contribution < 1.29 is 4.79 Å². The van der Waals surface area contributed by atoms with Gasteiger partial charge in [-0.2, -0.15) is 0 Å². The first kappa shape index (κ1) is 15.3. The lowest BCUT2D eigenvalue weighted by atomic mass is 9.94. The predicted octanol–water partition coefficient (Wildman–Crippen LogP) is 4.08. The molecule has 3 heteroatoms. The van der Waals surface area contributed by atoms with Crippen LogP contribution in [0.5, 0.6) is 0 Å². The van der Waals surface area contributed by atoms with Gasteiger partial charge in [-0.25, -0.2) is 0 Å². The van der Waals surface area contributed by atoms with Gasteiger partial charge in [0.1, 0.15) is 0 Å². The molecule has 0 fully saturated rings. The number of anilines is 1. The summed E-state index contributed by atoms with van der Waals surface area (Å²) in [5, 5.41) is 1.94. The molecule has 0 bridgehead atoms. The van der Waals surface area contributed by atoms with Crippen molar-refractivity contribution in [2.45, 2.75) is 25.8 Å². The fourth-order valence-corrected chi connectivity index (χ4v) is 2.83. The quantitative estimate of drug-likeness (QED) is 0.667. The highest BCUT2D eigenvalue weighted by Crippen LogP contribution is 2.20. The fourth-order valence-electron chi connectivity index (χ4n) is 2.83. The van der Waals surface area contributed by atoms with Crippen LogP contribution >= 0.6 is 0 Å². The minimum absolute atomic E-state index is 0.0713. The van der Waals surface area contributed by atoms with E-state index in [1.807, 2.05) is 53.5 Å². The molecule has 2 aromatic rings. The highest BCUT2D eigenvalue weighted by molar-refractivity contribution is 5.80. The van der Waals surface area contributed by atoms with E-state index < -0.39 is 0 Å². The summed E-state index contributed by atoms with van der Waals surface area (Å²) < 4.78 is 0. The molecule has 1 aliphatic rings. The first-order valence-electron chi connectivity index (χ1n) is 8.15. The number of amides is 1. The Hall–Kier alpha value is -2.55. The number of nitrogens with one attached hydrogen (secondary N) is 1. The van der Waals surface area contributed by atoms with Crippen LogP contribution in [0.15, 0.2) is 72.8 Å².